The van der Waals surface area contributed by atoms with Crippen molar-refractivity contribution in [3.05, 3.63) is 28.2 Å². The summed E-state index contributed by atoms with van der Waals surface area (Å²) in [5.74, 6) is 1.55. The number of hydrogen-bond acceptors (Lipinski definition) is 3. The Balaban J connectivity index is 2.58. The summed E-state index contributed by atoms with van der Waals surface area (Å²) in [5.41, 5.74) is 6.16. The zero-order valence-electron chi connectivity index (χ0n) is 10.7. The quantitative estimate of drug-likeness (QED) is 0.278. The summed E-state index contributed by atoms with van der Waals surface area (Å²) in [6.45, 7) is 5.09. The Labute approximate surface area is 116 Å². The number of nitrogens with zero attached hydrogens (tertiary/aromatic N) is 1. The summed E-state index contributed by atoms with van der Waals surface area (Å²) < 4.78 is 6.47. The van der Waals surface area contributed by atoms with Gasteiger partial charge in [0.05, 0.1) is 11.1 Å². The maximum atomic E-state index is 8.59. The monoisotopic (exact) mass is 314 g/mol. The predicted octanol–water partition coefficient (Wildman–Crippen LogP) is 3.36. The van der Waals surface area contributed by atoms with Crippen molar-refractivity contribution in [3.63, 3.8) is 0 Å². The largest absolute Gasteiger partial charge is 0.492 e. The molecule has 0 fully saturated rings. The Hall–Kier alpha value is -1.23. The molecule has 1 aromatic carbocycles. The number of nitrogens with two attached hydrogens (primary N) is 1. The average Bonchev–Trinajstić information content (AvgIpc) is 2.34. The van der Waals surface area contributed by atoms with Crippen LogP contribution in [0.2, 0.25) is 0 Å². The summed E-state index contributed by atoms with van der Waals surface area (Å²) in [6, 6.07) is 5.34. The zero-order valence-corrected chi connectivity index (χ0v) is 12.3. The Morgan fingerprint density at radius 2 is 2.22 bits per heavy atom. The van der Waals surface area contributed by atoms with E-state index in [0.717, 1.165) is 23.1 Å². The number of amidine groups is 1. The maximum absolute atomic E-state index is 8.59. The van der Waals surface area contributed by atoms with Crippen molar-refractivity contribution in [1.82, 2.24) is 0 Å². The molecule has 1 rings (SSSR count). The second-order valence-electron chi connectivity index (χ2n) is 4.51. The van der Waals surface area contributed by atoms with Gasteiger partial charge in [0.15, 0.2) is 5.84 Å². The van der Waals surface area contributed by atoms with Gasteiger partial charge in [-0.1, -0.05) is 19.0 Å². The van der Waals surface area contributed by atoms with Crippen molar-refractivity contribution in [2.75, 3.05) is 6.61 Å². The average molecular weight is 315 g/mol. The van der Waals surface area contributed by atoms with Crippen LogP contribution in [0.1, 0.15) is 32.3 Å². The van der Waals surface area contributed by atoms with Crippen LogP contribution in [-0.4, -0.2) is 17.6 Å². The van der Waals surface area contributed by atoms with E-state index in [1.807, 2.05) is 6.07 Å². The maximum Gasteiger partial charge on any atom is 0.170 e. The molecular formula is C13H19BrN2O2. The molecule has 1 aromatic rings. The van der Waals surface area contributed by atoms with E-state index in [-0.39, 0.29) is 5.84 Å². The Bertz CT molecular complexity index is 419. The number of halogens is 1. The molecule has 100 valence electrons. The van der Waals surface area contributed by atoms with E-state index in [4.69, 9.17) is 15.7 Å². The van der Waals surface area contributed by atoms with Crippen molar-refractivity contribution in [2.24, 2.45) is 16.8 Å². The van der Waals surface area contributed by atoms with Crippen LogP contribution >= 0.6 is 15.9 Å². The molecule has 0 radical (unpaired) electrons. The highest BCUT2D eigenvalue weighted by atomic mass is 79.9. The minimum atomic E-state index is 0.0852. The number of rotatable bonds is 6. The fraction of sp³-hybridized carbons (Fsp3) is 0.462. The van der Waals surface area contributed by atoms with E-state index in [1.54, 1.807) is 12.1 Å². The topological polar surface area (TPSA) is 67.8 Å². The molecule has 0 aliphatic carbocycles. The van der Waals surface area contributed by atoms with Crippen LogP contribution in [0.3, 0.4) is 0 Å². The Morgan fingerprint density at radius 3 is 2.78 bits per heavy atom. The smallest absolute Gasteiger partial charge is 0.170 e. The first-order valence-corrected chi connectivity index (χ1v) is 6.74. The molecule has 0 heterocycles. The Morgan fingerprint density at radius 1 is 1.50 bits per heavy atom. The van der Waals surface area contributed by atoms with Crippen molar-refractivity contribution in [1.29, 1.82) is 0 Å². The first kappa shape index (κ1) is 14.8. The summed E-state index contributed by atoms with van der Waals surface area (Å²) in [7, 11) is 0. The van der Waals surface area contributed by atoms with E-state index in [1.165, 1.54) is 0 Å². The molecule has 0 aromatic heterocycles. The molecule has 0 atom stereocenters. The molecule has 0 amide bonds. The lowest BCUT2D eigenvalue weighted by Crippen LogP contribution is -2.13. The van der Waals surface area contributed by atoms with E-state index < -0.39 is 0 Å². The van der Waals surface area contributed by atoms with Gasteiger partial charge in [0.2, 0.25) is 0 Å². The molecule has 0 spiro atoms. The van der Waals surface area contributed by atoms with E-state index in [9.17, 15) is 0 Å². The van der Waals surface area contributed by atoms with Crippen LogP contribution in [0.15, 0.2) is 27.8 Å². The van der Waals surface area contributed by atoms with Gasteiger partial charge in [-0.05, 0) is 52.9 Å². The molecule has 0 bridgehead atoms. The van der Waals surface area contributed by atoms with Crippen LogP contribution in [-0.2, 0) is 0 Å². The minimum absolute atomic E-state index is 0.0852. The second kappa shape index (κ2) is 7.26. The number of ether oxygens (including phenoxy) is 1. The first-order chi connectivity index (χ1) is 8.54. The van der Waals surface area contributed by atoms with Crippen LogP contribution < -0.4 is 10.5 Å². The third-order valence-corrected chi connectivity index (χ3v) is 3.14. The summed E-state index contributed by atoms with van der Waals surface area (Å²) in [6.07, 6.45) is 2.19. The van der Waals surface area contributed by atoms with Gasteiger partial charge in [-0.3, -0.25) is 0 Å². The molecular weight excluding hydrogens is 296 g/mol. The normalized spacial score (nSPS) is 11.9. The third kappa shape index (κ3) is 4.56. The predicted molar refractivity (Wildman–Crippen MR) is 76.2 cm³/mol. The van der Waals surface area contributed by atoms with Crippen LogP contribution in [0, 0.1) is 5.92 Å². The summed E-state index contributed by atoms with van der Waals surface area (Å²) in [5, 5.41) is 11.5. The van der Waals surface area contributed by atoms with Gasteiger partial charge in [-0.25, -0.2) is 0 Å². The summed E-state index contributed by atoms with van der Waals surface area (Å²) >= 11 is 3.41. The van der Waals surface area contributed by atoms with Crippen LogP contribution in [0.5, 0.6) is 5.75 Å². The highest BCUT2D eigenvalue weighted by Gasteiger charge is 2.05. The molecule has 3 N–H and O–H groups in total. The number of benzene rings is 1. The van der Waals surface area contributed by atoms with Crippen LogP contribution in [0.4, 0.5) is 0 Å². The number of hydrogen-bond donors (Lipinski definition) is 2. The van der Waals surface area contributed by atoms with Gasteiger partial charge < -0.3 is 15.7 Å². The molecule has 4 nitrogen and oxygen atoms in total. The molecule has 0 saturated carbocycles. The fourth-order valence-electron chi connectivity index (χ4n) is 1.51. The van der Waals surface area contributed by atoms with Crippen molar-refractivity contribution >= 4 is 21.8 Å². The number of oxime groups is 1. The third-order valence-electron chi connectivity index (χ3n) is 2.52. The SMILES string of the molecule is CC(C)CCCOc1ccc(/C(N)=N/O)cc1Br. The highest BCUT2D eigenvalue weighted by Crippen LogP contribution is 2.26. The lowest BCUT2D eigenvalue weighted by atomic mass is 10.1. The van der Waals surface area contributed by atoms with Gasteiger partial charge in [-0.15, -0.1) is 0 Å². The van der Waals surface area contributed by atoms with E-state index in [0.29, 0.717) is 18.1 Å². The standard InChI is InChI=1S/C13H19BrN2O2/c1-9(2)4-3-7-18-12-6-5-10(8-11(12)14)13(15)16-17/h5-6,8-9,17H,3-4,7H2,1-2H3,(H2,15,16). The first-order valence-electron chi connectivity index (χ1n) is 5.95. The summed E-state index contributed by atoms with van der Waals surface area (Å²) in [4.78, 5) is 0. The molecule has 5 heteroatoms. The minimum Gasteiger partial charge on any atom is -0.492 e. The molecule has 0 saturated heterocycles. The lowest BCUT2D eigenvalue weighted by molar-refractivity contribution is 0.296. The van der Waals surface area contributed by atoms with E-state index in [2.05, 4.69) is 34.9 Å². The second-order valence-corrected chi connectivity index (χ2v) is 5.37. The molecule has 18 heavy (non-hydrogen) atoms. The molecule has 0 aliphatic rings. The highest BCUT2D eigenvalue weighted by molar-refractivity contribution is 9.10. The van der Waals surface area contributed by atoms with Crippen LogP contribution in [0.25, 0.3) is 0 Å². The zero-order chi connectivity index (χ0) is 13.5. The van der Waals surface area contributed by atoms with Gasteiger partial charge in [0, 0.05) is 5.56 Å². The van der Waals surface area contributed by atoms with Gasteiger partial charge in [0.25, 0.3) is 0 Å². The van der Waals surface area contributed by atoms with Gasteiger partial charge in [-0.2, -0.15) is 0 Å². The lowest BCUT2D eigenvalue weighted by Gasteiger charge is -2.10. The van der Waals surface area contributed by atoms with Crippen molar-refractivity contribution in [3.8, 4) is 5.75 Å². The molecule has 0 aliphatic heterocycles. The van der Waals surface area contributed by atoms with Gasteiger partial charge >= 0.3 is 0 Å². The van der Waals surface area contributed by atoms with Crippen molar-refractivity contribution in [2.45, 2.75) is 26.7 Å². The van der Waals surface area contributed by atoms with Crippen molar-refractivity contribution < 1.29 is 9.94 Å². The van der Waals surface area contributed by atoms with E-state index >= 15 is 0 Å². The van der Waals surface area contributed by atoms with Gasteiger partial charge in [0.1, 0.15) is 5.75 Å². The molecule has 0 unspecified atom stereocenters. The fourth-order valence-corrected chi connectivity index (χ4v) is 2.00. The Kier molecular flexibility index (Phi) is 5.98.